The molecule has 4 rings (SSSR count). The number of nitrogens with one attached hydrogen (secondary N) is 2. The lowest BCUT2D eigenvalue weighted by atomic mass is 10.3. The smallest absolute Gasteiger partial charge is 0.475 e. The number of carbonyl (C=O) groups is 1. The molecule has 0 spiro atoms. The number of hydrogen-bond acceptors (Lipinski definition) is 6. The molecular weight excluding hydrogens is 488 g/mol. The van der Waals surface area contributed by atoms with E-state index in [1.165, 1.54) is 0 Å². The van der Waals surface area contributed by atoms with Crippen LogP contribution >= 0.6 is 11.6 Å². The Bertz CT molecular complexity index is 1300. The van der Waals surface area contributed by atoms with E-state index in [1.807, 2.05) is 4.90 Å². The van der Waals surface area contributed by atoms with Gasteiger partial charge in [0.15, 0.2) is 11.2 Å². The Kier molecular flexibility index (Phi) is 7.61. The molecule has 0 aliphatic carbocycles. The van der Waals surface area contributed by atoms with Gasteiger partial charge in [-0.1, -0.05) is 23.7 Å². The predicted molar refractivity (Wildman–Crippen MR) is 116 cm³/mol. The molecule has 1 aromatic carbocycles. The molecule has 3 heterocycles. The molecule has 2 aromatic heterocycles. The van der Waals surface area contributed by atoms with Crippen molar-refractivity contribution >= 4 is 34.7 Å². The second-order valence-corrected chi connectivity index (χ2v) is 7.42. The lowest BCUT2D eigenvalue weighted by Crippen LogP contribution is -2.44. The van der Waals surface area contributed by atoms with Crippen molar-refractivity contribution in [2.24, 2.45) is 0 Å². The summed E-state index contributed by atoms with van der Waals surface area (Å²) >= 11 is 6.39. The molecule has 0 saturated carbocycles. The van der Waals surface area contributed by atoms with Gasteiger partial charge in [-0.05, 0) is 12.1 Å². The number of anilines is 1. The van der Waals surface area contributed by atoms with Gasteiger partial charge in [0.05, 0.1) is 17.3 Å². The molecule has 3 aromatic rings. The molecule has 0 radical (unpaired) electrons. The van der Waals surface area contributed by atoms with Crippen LogP contribution in [0.1, 0.15) is 0 Å². The number of aromatic amines is 1. The quantitative estimate of drug-likeness (QED) is 0.458. The molecule has 1 aliphatic rings. The Hall–Kier alpha value is -3.39. The zero-order valence-corrected chi connectivity index (χ0v) is 18.2. The average molecular weight is 507 g/mol. The van der Waals surface area contributed by atoms with Gasteiger partial charge < -0.3 is 15.3 Å². The van der Waals surface area contributed by atoms with Crippen molar-refractivity contribution < 1.29 is 27.5 Å². The number of benzene rings is 1. The fraction of sp³-hybridized carbons (Fsp3) is 0.368. The van der Waals surface area contributed by atoms with Crippen LogP contribution in [0.3, 0.4) is 0 Å². The fourth-order valence-electron chi connectivity index (χ4n) is 3.34. The number of aryl methyl sites for hydroxylation is 1. The van der Waals surface area contributed by atoms with E-state index in [0.29, 0.717) is 29.7 Å². The van der Waals surface area contributed by atoms with Crippen LogP contribution in [-0.4, -0.2) is 69.2 Å². The van der Waals surface area contributed by atoms with Crippen LogP contribution in [0.2, 0.25) is 5.02 Å². The largest absolute Gasteiger partial charge is 0.490 e. The molecule has 1 fully saturated rings. The van der Waals surface area contributed by atoms with Crippen molar-refractivity contribution in [3.8, 4) is 5.69 Å². The highest BCUT2D eigenvalue weighted by molar-refractivity contribution is 6.32. The maximum Gasteiger partial charge on any atom is 0.490 e. The molecule has 34 heavy (non-hydrogen) atoms. The van der Waals surface area contributed by atoms with Crippen LogP contribution in [0.15, 0.2) is 33.9 Å². The lowest BCUT2D eigenvalue weighted by molar-refractivity contribution is -0.192. The number of carboxylic acids is 1. The zero-order chi connectivity index (χ0) is 25.0. The third-order valence-electron chi connectivity index (χ3n) is 4.82. The lowest BCUT2D eigenvalue weighted by Gasteiger charge is -2.28. The summed E-state index contributed by atoms with van der Waals surface area (Å²) in [6.45, 7) is 1.95. The third-order valence-corrected chi connectivity index (χ3v) is 5.14. The summed E-state index contributed by atoms with van der Waals surface area (Å²) in [5.74, 6) is -2.25. The van der Waals surface area contributed by atoms with E-state index in [2.05, 4.69) is 15.3 Å². The van der Waals surface area contributed by atoms with Gasteiger partial charge >= 0.3 is 17.8 Å². The number of aliphatic carboxylic acids is 1. The summed E-state index contributed by atoms with van der Waals surface area (Å²) in [6, 6.07) is 7.09. The van der Waals surface area contributed by atoms with Crippen LogP contribution in [0.25, 0.3) is 16.9 Å². The van der Waals surface area contributed by atoms with Gasteiger partial charge in [-0.15, -0.1) is 0 Å². The van der Waals surface area contributed by atoms with Crippen LogP contribution in [0, 0.1) is 0 Å². The summed E-state index contributed by atoms with van der Waals surface area (Å²) in [4.78, 5) is 42.6. The Morgan fingerprint density at radius 1 is 1.18 bits per heavy atom. The highest BCUT2D eigenvalue weighted by Crippen LogP contribution is 2.29. The van der Waals surface area contributed by atoms with E-state index >= 15 is 0 Å². The number of halogens is 5. The number of rotatable bonds is 4. The van der Waals surface area contributed by atoms with E-state index in [1.54, 1.807) is 28.8 Å². The Balaban J connectivity index is 0.000000406. The number of fused-ring (bicyclic) bond motifs is 1. The van der Waals surface area contributed by atoms with Crippen LogP contribution in [0.4, 0.5) is 23.5 Å². The summed E-state index contributed by atoms with van der Waals surface area (Å²) < 4.78 is 47.5. The minimum absolute atomic E-state index is 0.148. The van der Waals surface area contributed by atoms with Crippen LogP contribution in [0.5, 0.6) is 0 Å². The monoisotopic (exact) mass is 506 g/mol. The summed E-state index contributed by atoms with van der Waals surface area (Å²) in [5, 5.41) is 10.8. The van der Waals surface area contributed by atoms with E-state index in [-0.39, 0.29) is 17.7 Å². The predicted octanol–water partition coefficient (Wildman–Crippen LogP) is 1.54. The second-order valence-electron chi connectivity index (χ2n) is 7.01. The molecule has 0 amide bonds. The summed E-state index contributed by atoms with van der Waals surface area (Å²) in [7, 11) is 0. The molecule has 0 unspecified atom stereocenters. The SMILES string of the molecule is O=C(O)C(F)(F)F.O=c1[nH]c(=O)n(CCF)c2nc(N3CCNCC3)n(-c3ccccc3Cl)c12. The number of imidazole rings is 1. The first-order chi connectivity index (χ1) is 16.1. The fourth-order valence-corrected chi connectivity index (χ4v) is 3.56. The van der Waals surface area contributed by atoms with E-state index in [4.69, 9.17) is 21.5 Å². The molecular formula is C19H19ClF4N6O4. The number of nitrogens with zero attached hydrogens (tertiary/aromatic N) is 4. The summed E-state index contributed by atoms with van der Waals surface area (Å²) in [6.07, 6.45) is -5.08. The Labute approximate surface area is 193 Å². The maximum absolute atomic E-state index is 13.0. The highest BCUT2D eigenvalue weighted by atomic mass is 35.5. The molecule has 10 nitrogen and oxygen atoms in total. The molecule has 1 saturated heterocycles. The van der Waals surface area contributed by atoms with Crippen LogP contribution < -0.4 is 21.5 Å². The molecule has 3 N–H and O–H groups in total. The number of carboxylic acid groups (broad SMARTS) is 1. The average Bonchev–Trinajstić information content (AvgIpc) is 3.18. The second kappa shape index (κ2) is 10.3. The van der Waals surface area contributed by atoms with Crippen molar-refractivity contribution in [3.63, 3.8) is 0 Å². The molecule has 15 heteroatoms. The van der Waals surface area contributed by atoms with Crippen molar-refractivity contribution in [3.05, 3.63) is 50.1 Å². The number of hydrogen-bond donors (Lipinski definition) is 3. The molecule has 1 aliphatic heterocycles. The molecule has 0 bridgehead atoms. The number of H-pyrrole nitrogens is 1. The highest BCUT2D eigenvalue weighted by Gasteiger charge is 2.38. The van der Waals surface area contributed by atoms with E-state index in [9.17, 15) is 27.2 Å². The van der Waals surface area contributed by atoms with E-state index in [0.717, 1.165) is 17.7 Å². The van der Waals surface area contributed by atoms with Gasteiger partial charge in [0.2, 0.25) is 5.95 Å². The maximum atomic E-state index is 13.0. The standard InChI is InChI=1S/C17H18ClFN6O2.C2HF3O2/c18-11-3-1-2-4-12(11)25-13-14(21-16(25)23-9-6-20-7-10-23)24(8-5-19)17(27)22-15(13)26;3-2(4,5)1(6)7/h1-4,20H,5-10H2,(H,22,26,27);(H,6,7). The van der Waals surface area contributed by atoms with Gasteiger partial charge in [0, 0.05) is 26.2 Å². The van der Waals surface area contributed by atoms with E-state index < -0.39 is 30.1 Å². The molecule has 0 atom stereocenters. The topological polar surface area (TPSA) is 125 Å². The summed E-state index contributed by atoms with van der Waals surface area (Å²) in [5.41, 5.74) is -0.370. The van der Waals surface area contributed by atoms with Crippen molar-refractivity contribution in [1.82, 2.24) is 24.4 Å². The first kappa shape index (κ1) is 25.2. The third kappa shape index (κ3) is 5.22. The van der Waals surface area contributed by atoms with Gasteiger partial charge in [-0.3, -0.25) is 18.9 Å². The number of aromatic nitrogens is 4. The number of alkyl halides is 4. The zero-order valence-electron chi connectivity index (χ0n) is 17.4. The first-order valence-corrected chi connectivity index (χ1v) is 10.3. The van der Waals surface area contributed by atoms with Gasteiger partial charge in [-0.2, -0.15) is 18.2 Å². The Morgan fingerprint density at radius 3 is 2.35 bits per heavy atom. The molecule has 184 valence electrons. The Morgan fingerprint density at radius 2 is 1.79 bits per heavy atom. The van der Waals surface area contributed by atoms with Crippen molar-refractivity contribution in [1.29, 1.82) is 0 Å². The van der Waals surface area contributed by atoms with Crippen molar-refractivity contribution in [2.75, 3.05) is 37.8 Å². The first-order valence-electron chi connectivity index (χ1n) is 9.88. The number of piperazine rings is 1. The van der Waals surface area contributed by atoms with Crippen molar-refractivity contribution in [2.45, 2.75) is 12.7 Å². The van der Waals surface area contributed by atoms with Crippen LogP contribution in [-0.2, 0) is 11.3 Å². The normalized spacial score (nSPS) is 14.1. The van der Waals surface area contributed by atoms with Gasteiger partial charge in [0.25, 0.3) is 5.56 Å². The minimum atomic E-state index is -5.08. The van der Waals surface area contributed by atoms with Gasteiger partial charge in [-0.25, -0.2) is 14.0 Å². The minimum Gasteiger partial charge on any atom is -0.475 e. The number of para-hydroxylation sites is 1. The van der Waals surface area contributed by atoms with Gasteiger partial charge in [0.1, 0.15) is 6.67 Å².